The largest absolute Gasteiger partial charge is 0.446 e. The van der Waals surface area contributed by atoms with Crippen LogP contribution in [0.5, 0.6) is 0 Å². The number of halogens is 1. The normalized spacial score (nSPS) is 21.7. The molecule has 0 bridgehead atoms. The van der Waals surface area contributed by atoms with Gasteiger partial charge in [-0.05, 0) is 19.1 Å². The van der Waals surface area contributed by atoms with E-state index >= 15 is 0 Å². The van der Waals surface area contributed by atoms with Crippen LogP contribution in [-0.2, 0) is 4.74 Å². The predicted octanol–water partition coefficient (Wildman–Crippen LogP) is 3.28. The summed E-state index contributed by atoms with van der Waals surface area (Å²) >= 11 is 4.75. The second kappa shape index (κ2) is 5.40. The van der Waals surface area contributed by atoms with Crippen LogP contribution in [0.25, 0.3) is 11.3 Å². The first-order chi connectivity index (χ1) is 10.0. The fraction of sp³-hybridized carbons (Fsp3) is 0.286. The smallest absolute Gasteiger partial charge is 0.416 e. The van der Waals surface area contributed by atoms with Crippen molar-refractivity contribution in [2.24, 2.45) is 0 Å². The maximum Gasteiger partial charge on any atom is 0.416 e. The molecule has 2 heterocycles. The van der Waals surface area contributed by atoms with Crippen molar-refractivity contribution in [3.05, 3.63) is 34.1 Å². The molecule has 1 aromatic heterocycles. The number of amides is 1. The monoisotopic (exact) mass is 368 g/mol. The van der Waals surface area contributed by atoms with Crippen molar-refractivity contribution in [1.82, 2.24) is 4.98 Å². The summed E-state index contributed by atoms with van der Waals surface area (Å²) in [7, 11) is 0. The van der Waals surface area contributed by atoms with Gasteiger partial charge in [0.2, 0.25) is 0 Å². The van der Waals surface area contributed by atoms with Crippen LogP contribution in [0.15, 0.2) is 34.1 Å². The second-order valence-electron chi connectivity index (χ2n) is 5.07. The Bertz CT molecular complexity index is 673. The summed E-state index contributed by atoms with van der Waals surface area (Å²) in [5.41, 5.74) is 1.01. The lowest BCUT2D eigenvalue weighted by atomic mass is 10.1. The van der Waals surface area contributed by atoms with Gasteiger partial charge in [0.25, 0.3) is 0 Å². The predicted molar refractivity (Wildman–Crippen MR) is 84.6 cm³/mol. The van der Waals surface area contributed by atoms with Crippen LogP contribution in [0.3, 0.4) is 0 Å². The average molecular weight is 369 g/mol. The van der Waals surface area contributed by atoms with Crippen LogP contribution in [0, 0.1) is 0 Å². The van der Waals surface area contributed by atoms with E-state index in [9.17, 15) is 9.90 Å². The van der Waals surface area contributed by atoms with Gasteiger partial charge in [-0.3, -0.25) is 0 Å². The number of nitrogens with zero attached hydrogens (tertiary/aromatic N) is 2. The Hall–Kier alpha value is -1.44. The molecule has 21 heavy (non-hydrogen) atoms. The van der Waals surface area contributed by atoms with Crippen molar-refractivity contribution in [2.45, 2.75) is 12.5 Å². The van der Waals surface area contributed by atoms with E-state index in [1.54, 1.807) is 6.92 Å². The maximum absolute atomic E-state index is 11.9. The van der Waals surface area contributed by atoms with E-state index in [1.165, 1.54) is 16.2 Å². The number of aliphatic hydroxyl groups is 1. The molecule has 1 atom stereocenters. The molecule has 0 saturated carbocycles. The van der Waals surface area contributed by atoms with Gasteiger partial charge in [-0.25, -0.2) is 14.7 Å². The van der Waals surface area contributed by atoms with Crippen molar-refractivity contribution in [2.75, 3.05) is 18.1 Å². The molecule has 5 nitrogen and oxygen atoms in total. The third kappa shape index (κ3) is 2.56. The average Bonchev–Trinajstić information content (AvgIpc) is 3.05. The van der Waals surface area contributed by atoms with E-state index in [4.69, 9.17) is 4.74 Å². The molecular formula is C14H13BrN2O3S. The lowest BCUT2D eigenvalue weighted by Gasteiger charge is -2.27. The van der Waals surface area contributed by atoms with Gasteiger partial charge in [-0.1, -0.05) is 28.1 Å². The van der Waals surface area contributed by atoms with Gasteiger partial charge in [0.05, 0.1) is 12.3 Å². The van der Waals surface area contributed by atoms with Gasteiger partial charge in [-0.15, -0.1) is 11.3 Å². The lowest BCUT2D eigenvalue weighted by molar-refractivity contribution is 0.155. The van der Waals surface area contributed by atoms with Crippen LogP contribution >= 0.6 is 27.3 Å². The Morgan fingerprint density at radius 3 is 2.86 bits per heavy atom. The quantitative estimate of drug-likeness (QED) is 0.902. The second-order valence-corrected chi connectivity index (χ2v) is 6.82. The highest BCUT2D eigenvalue weighted by molar-refractivity contribution is 9.10. The Balaban J connectivity index is 1.94. The van der Waals surface area contributed by atoms with Crippen LogP contribution < -0.4 is 4.90 Å². The molecule has 1 aliphatic heterocycles. The van der Waals surface area contributed by atoms with Gasteiger partial charge >= 0.3 is 6.09 Å². The third-order valence-electron chi connectivity index (χ3n) is 3.39. The minimum Gasteiger partial charge on any atom is -0.446 e. The highest BCUT2D eigenvalue weighted by Gasteiger charge is 2.45. The Morgan fingerprint density at radius 1 is 1.48 bits per heavy atom. The molecule has 1 N–H and O–H groups in total. The van der Waals surface area contributed by atoms with Gasteiger partial charge < -0.3 is 9.84 Å². The minimum atomic E-state index is -0.758. The molecule has 110 valence electrons. The van der Waals surface area contributed by atoms with Crippen LogP contribution in [0.1, 0.15) is 6.92 Å². The summed E-state index contributed by atoms with van der Waals surface area (Å²) in [4.78, 5) is 17.8. The fourth-order valence-electron chi connectivity index (χ4n) is 2.11. The van der Waals surface area contributed by atoms with Crippen molar-refractivity contribution in [1.29, 1.82) is 0 Å². The molecule has 1 saturated heterocycles. The van der Waals surface area contributed by atoms with Crippen LogP contribution in [-0.4, -0.2) is 34.9 Å². The highest BCUT2D eigenvalue weighted by atomic mass is 79.9. The third-order valence-corrected chi connectivity index (χ3v) is 4.75. The number of carbonyl (C=O) groups excluding carboxylic acids is 1. The summed E-state index contributed by atoms with van der Waals surface area (Å²) in [5.74, 6) is 0. The Morgan fingerprint density at radius 2 is 2.19 bits per heavy atom. The number of benzene rings is 1. The van der Waals surface area contributed by atoms with Crippen molar-refractivity contribution < 1.29 is 14.6 Å². The van der Waals surface area contributed by atoms with Crippen molar-refractivity contribution >= 4 is 38.5 Å². The number of rotatable bonds is 3. The van der Waals surface area contributed by atoms with Gasteiger partial charge in [-0.2, -0.15) is 0 Å². The molecule has 0 spiro atoms. The first-order valence-corrected chi connectivity index (χ1v) is 8.00. The Labute approximate surface area is 134 Å². The summed E-state index contributed by atoms with van der Waals surface area (Å²) in [5, 5.41) is 12.0. The SMILES string of the molecule is C[C@@]1(CO)COC(=O)N1c1nc(-c2ccc(Br)cc2)cs1. The van der Waals surface area contributed by atoms with Crippen LogP contribution in [0.4, 0.5) is 9.93 Å². The standard InChI is InChI=1S/C14H13BrN2O3S/c1-14(7-18)8-20-13(19)17(14)12-16-11(6-21-12)9-2-4-10(15)5-3-9/h2-6,18H,7-8H2,1H3/t14-/m1/s1. The van der Waals surface area contributed by atoms with E-state index < -0.39 is 11.6 Å². The molecule has 2 aromatic rings. The van der Waals surface area contributed by atoms with Gasteiger partial charge in [0.1, 0.15) is 12.1 Å². The van der Waals surface area contributed by atoms with Crippen molar-refractivity contribution in [3.8, 4) is 11.3 Å². The summed E-state index contributed by atoms with van der Waals surface area (Å²) in [6.07, 6.45) is -0.469. The summed E-state index contributed by atoms with van der Waals surface area (Å²) in [6, 6.07) is 7.79. The molecule has 1 aliphatic rings. The fourth-order valence-corrected chi connectivity index (χ4v) is 3.33. The van der Waals surface area contributed by atoms with Crippen molar-refractivity contribution in [3.63, 3.8) is 0 Å². The zero-order valence-corrected chi connectivity index (χ0v) is 13.6. The van der Waals surface area contributed by atoms with E-state index in [0.29, 0.717) is 5.13 Å². The summed E-state index contributed by atoms with van der Waals surface area (Å²) in [6.45, 7) is 1.76. The van der Waals surface area contributed by atoms with E-state index in [2.05, 4.69) is 20.9 Å². The molecular weight excluding hydrogens is 356 g/mol. The van der Waals surface area contributed by atoms with Crippen LogP contribution in [0.2, 0.25) is 0 Å². The lowest BCUT2D eigenvalue weighted by Crippen LogP contribution is -2.47. The number of anilines is 1. The highest BCUT2D eigenvalue weighted by Crippen LogP contribution is 2.35. The maximum atomic E-state index is 11.9. The zero-order valence-electron chi connectivity index (χ0n) is 11.2. The Kier molecular flexibility index (Phi) is 3.73. The van der Waals surface area contributed by atoms with E-state index in [1.807, 2.05) is 29.6 Å². The summed E-state index contributed by atoms with van der Waals surface area (Å²) < 4.78 is 6.04. The number of carbonyl (C=O) groups is 1. The molecule has 3 rings (SSSR count). The topological polar surface area (TPSA) is 62.7 Å². The molecule has 0 radical (unpaired) electrons. The number of thiazole rings is 1. The minimum absolute atomic E-state index is 0.162. The number of aromatic nitrogens is 1. The molecule has 1 amide bonds. The van der Waals surface area contributed by atoms with Gasteiger partial charge in [0.15, 0.2) is 5.13 Å². The number of ether oxygens (including phenoxy) is 1. The first-order valence-electron chi connectivity index (χ1n) is 6.33. The number of aliphatic hydroxyl groups excluding tert-OH is 1. The number of cyclic esters (lactones) is 1. The molecule has 0 aliphatic carbocycles. The first kappa shape index (κ1) is 14.5. The van der Waals surface area contributed by atoms with E-state index in [-0.39, 0.29) is 13.2 Å². The molecule has 1 aromatic carbocycles. The number of hydrogen-bond donors (Lipinski definition) is 1. The van der Waals surface area contributed by atoms with Gasteiger partial charge in [0, 0.05) is 15.4 Å². The molecule has 1 fully saturated rings. The molecule has 7 heteroatoms. The zero-order chi connectivity index (χ0) is 15.0. The molecule has 0 unspecified atom stereocenters. The number of hydrogen-bond acceptors (Lipinski definition) is 5. The van der Waals surface area contributed by atoms with E-state index in [0.717, 1.165) is 15.7 Å².